The monoisotopic (exact) mass is 353 g/mol. The lowest BCUT2D eigenvalue weighted by molar-refractivity contribution is -0.127. The van der Waals surface area contributed by atoms with Gasteiger partial charge in [0.15, 0.2) is 6.61 Å². The van der Waals surface area contributed by atoms with Crippen molar-refractivity contribution in [3.05, 3.63) is 41.6 Å². The lowest BCUT2D eigenvalue weighted by Crippen LogP contribution is -2.48. The first-order valence-corrected chi connectivity index (χ1v) is 8.68. The van der Waals surface area contributed by atoms with E-state index in [-0.39, 0.29) is 24.5 Å². The van der Waals surface area contributed by atoms with Crippen LogP contribution in [0.25, 0.3) is 10.9 Å². The fourth-order valence-corrected chi connectivity index (χ4v) is 3.64. The number of rotatable bonds is 2. The second-order valence-electron chi connectivity index (χ2n) is 6.70. The van der Waals surface area contributed by atoms with Gasteiger partial charge in [-0.25, -0.2) is 9.69 Å². The van der Waals surface area contributed by atoms with Crippen LogP contribution in [0.4, 0.5) is 4.79 Å². The fraction of sp³-hybridized carbons (Fsp3) is 0.368. The zero-order valence-corrected chi connectivity index (χ0v) is 14.5. The Kier molecular flexibility index (Phi) is 4.06. The van der Waals surface area contributed by atoms with Crippen molar-refractivity contribution in [1.82, 2.24) is 14.8 Å². The molecule has 0 bridgehead atoms. The Morgan fingerprint density at radius 2 is 1.96 bits per heavy atom. The summed E-state index contributed by atoms with van der Waals surface area (Å²) in [7, 11) is 0. The minimum Gasteiger partial charge on any atom is -0.439 e. The van der Waals surface area contributed by atoms with E-state index in [1.807, 2.05) is 25.1 Å². The SMILES string of the molecule is Cc1ccnc2ccc(C(=O)N3CCC(N4C(=O)COC4=O)CC3)cc12. The number of amides is 3. The molecular formula is C19H19N3O4. The summed E-state index contributed by atoms with van der Waals surface area (Å²) in [5.41, 5.74) is 2.57. The van der Waals surface area contributed by atoms with Crippen molar-refractivity contribution in [2.45, 2.75) is 25.8 Å². The van der Waals surface area contributed by atoms with E-state index >= 15 is 0 Å². The van der Waals surface area contributed by atoms with E-state index in [1.165, 1.54) is 4.90 Å². The summed E-state index contributed by atoms with van der Waals surface area (Å²) in [6.45, 7) is 2.83. The minimum atomic E-state index is -0.572. The molecule has 0 unspecified atom stereocenters. The van der Waals surface area contributed by atoms with Crippen LogP contribution in [-0.4, -0.2) is 58.4 Å². The molecule has 2 saturated heterocycles. The average molecular weight is 353 g/mol. The number of aromatic nitrogens is 1. The van der Waals surface area contributed by atoms with Gasteiger partial charge >= 0.3 is 6.09 Å². The zero-order chi connectivity index (χ0) is 18.3. The molecule has 7 heteroatoms. The molecule has 0 saturated carbocycles. The number of likely N-dealkylation sites (tertiary alicyclic amines) is 1. The normalized spacial score (nSPS) is 18.5. The highest BCUT2D eigenvalue weighted by molar-refractivity contribution is 5.99. The Hall–Kier alpha value is -2.96. The number of hydrogen-bond acceptors (Lipinski definition) is 5. The molecule has 2 fully saturated rings. The summed E-state index contributed by atoms with van der Waals surface area (Å²) < 4.78 is 4.78. The number of nitrogens with zero attached hydrogens (tertiary/aromatic N) is 3. The van der Waals surface area contributed by atoms with Crippen molar-refractivity contribution in [3.8, 4) is 0 Å². The van der Waals surface area contributed by atoms with Crippen LogP contribution in [0.3, 0.4) is 0 Å². The van der Waals surface area contributed by atoms with Crippen molar-refractivity contribution in [3.63, 3.8) is 0 Å². The van der Waals surface area contributed by atoms with Gasteiger partial charge in [0.2, 0.25) is 0 Å². The molecule has 134 valence electrons. The lowest BCUT2D eigenvalue weighted by Gasteiger charge is -2.34. The van der Waals surface area contributed by atoms with E-state index < -0.39 is 6.09 Å². The van der Waals surface area contributed by atoms with Gasteiger partial charge in [0.25, 0.3) is 11.8 Å². The van der Waals surface area contributed by atoms with E-state index in [0.29, 0.717) is 31.5 Å². The van der Waals surface area contributed by atoms with Gasteiger partial charge in [-0.1, -0.05) is 0 Å². The molecule has 3 amide bonds. The number of imide groups is 1. The van der Waals surface area contributed by atoms with Crippen molar-refractivity contribution in [2.24, 2.45) is 0 Å². The molecule has 4 rings (SSSR count). The molecule has 1 aromatic heterocycles. The van der Waals surface area contributed by atoms with Gasteiger partial charge in [-0.2, -0.15) is 0 Å². The Bertz CT molecular complexity index is 887. The summed E-state index contributed by atoms with van der Waals surface area (Å²) in [6, 6.07) is 7.28. The van der Waals surface area contributed by atoms with Crippen LogP contribution in [0.1, 0.15) is 28.8 Å². The van der Waals surface area contributed by atoms with Gasteiger partial charge in [-0.05, 0) is 49.6 Å². The summed E-state index contributed by atoms with van der Waals surface area (Å²) in [6.07, 6.45) is 2.33. The third-order valence-electron chi connectivity index (χ3n) is 5.11. The topological polar surface area (TPSA) is 79.8 Å². The maximum Gasteiger partial charge on any atom is 0.417 e. The molecule has 2 aliphatic heterocycles. The first kappa shape index (κ1) is 16.5. The molecule has 26 heavy (non-hydrogen) atoms. The number of fused-ring (bicyclic) bond motifs is 1. The average Bonchev–Trinajstić information content (AvgIpc) is 3.00. The number of aryl methyl sites for hydroxylation is 1. The van der Waals surface area contributed by atoms with Gasteiger partial charge in [0, 0.05) is 36.3 Å². The number of benzene rings is 1. The van der Waals surface area contributed by atoms with Crippen LogP contribution in [0, 0.1) is 6.92 Å². The Morgan fingerprint density at radius 1 is 1.19 bits per heavy atom. The predicted molar refractivity (Wildman–Crippen MR) is 93.6 cm³/mol. The second kappa shape index (κ2) is 6.40. The van der Waals surface area contributed by atoms with Crippen molar-refractivity contribution in [2.75, 3.05) is 19.7 Å². The van der Waals surface area contributed by atoms with E-state index in [2.05, 4.69) is 4.98 Å². The van der Waals surface area contributed by atoms with Gasteiger partial charge in [0.05, 0.1) is 5.52 Å². The highest BCUT2D eigenvalue weighted by atomic mass is 16.6. The molecule has 3 heterocycles. The molecular weight excluding hydrogens is 334 g/mol. The number of piperidine rings is 1. The van der Waals surface area contributed by atoms with E-state index in [0.717, 1.165) is 16.5 Å². The van der Waals surface area contributed by atoms with Crippen LogP contribution in [-0.2, 0) is 9.53 Å². The third-order valence-corrected chi connectivity index (χ3v) is 5.11. The smallest absolute Gasteiger partial charge is 0.417 e. The van der Waals surface area contributed by atoms with E-state index in [9.17, 15) is 14.4 Å². The van der Waals surface area contributed by atoms with Crippen molar-refractivity contribution < 1.29 is 19.1 Å². The molecule has 0 aliphatic carbocycles. The lowest BCUT2D eigenvalue weighted by atomic mass is 10.0. The molecule has 2 aliphatic rings. The van der Waals surface area contributed by atoms with Crippen molar-refractivity contribution in [1.29, 1.82) is 0 Å². The fourth-order valence-electron chi connectivity index (χ4n) is 3.64. The van der Waals surface area contributed by atoms with Crippen LogP contribution < -0.4 is 0 Å². The maximum absolute atomic E-state index is 12.8. The Labute approximate surface area is 150 Å². The Morgan fingerprint density at radius 3 is 2.65 bits per heavy atom. The summed E-state index contributed by atoms with van der Waals surface area (Å²) in [4.78, 5) is 43.6. The molecule has 2 aromatic rings. The third kappa shape index (κ3) is 2.79. The molecule has 0 radical (unpaired) electrons. The molecule has 0 spiro atoms. The number of pyridine rings is 1. The number of hydrogen-bond donors (Lipinski definition) is 0. The second-order valence-corrected chi connectivity index (χ2v) is 6.70. The highest BCUT2D eigenvalue weighted by Crippen LogP contribution is 2.23. The molecule has 7 nitrogen and oxygen atoms in total. The number of ether oxygens (including phenoxy) is 1. The van der Waals surface area contributed by atoms with Gasteiger partial charge in [-0.3, -0.25) is 14.6 Å². The number of carbonyl (C=O) groups is 3. The number of carbonyl (C=O) groups excluding carboxylic acids is 3. The quantitative estimate of drug-likeness (QED) is 0.826. The summed E-state index contributed by atoms with van der Waals surface area (Å²) >= 11 is 0. The van der Waals surface area contributed by atoms with Gasteiger partial charge in [0.1, 0.15) is 0 Å². The Balaban J connectivity index is 1.48. The molecule has 0 N–H and O–H groups in total. The van der Waals surface area contributed by atoms with Gasteiger partial charge in [-0.15, -0.1) is 0 Å². The van der Waals surface area contributed by atoms with Crippen LogP contribution >= 0.6 is 0 Å². The highest BCUT2D eigenvalue weighted by Gasteiger charge is 2.39. The standard InChI is InChI=1S/C19H19N3O4/c1-12-4-7-20-16-3-2-13(10-15(12)16)18(24)21-8-5-14(6-9-21)22-17(23)11-26-19(22)25/h2-4,7,10,14H,5-6,8-9,11H2,1H3. The summed E-state index contributed by atoms with van der Waals surface area (Å²) in [5, 5.41) is 0.971. The van der Waals surface area contributed by atoms with E-state index in [1.54, 1.807) is 17.2 Å². The summed E-state index contributed by atoms with van der Waals surface area (Å²) in [5.74, 6) is -0.332. The maximum atomic E-state index is 12.8. The zero-order valence-electron chi connectivity index (χ0n) is 14.5. The predicted octanol–water partition coefficient (Wildman–Crippen LogP) is 2.13. The molecule has 0 atom stereocenters. The van der Waals surface area contributed by atoms with Gasteiger partial charge < -0.3 is 9.64 Å². The van der Waals surface area contributed by atoms with Crippen LogP contribution in [0.5, 0.6) is 0 Å². The first-order chi connectivity index (χ1) is 12.5. The van der Waals surface area contributed by atoms with Crippen molar-refractivity contribution >= 4 is 28.8 Å². The molecule has 1 aromatic carbocycles. The van der Waals surface area contributed by atoms with Crippen LogP contribution in [0.15, 0.2) is 30.5 Å². The van der Waals surface area contributed by atoms with E-state index in [4.69, 9.17) is 4.74 Å². The number of cyclic esters (lactones) is 1. The minimum absolute atomic E-state index is 0.0380. The van der Waals surface area contributed by atoms with Crippen LogP contribution in [0.2, 0.25) is 0 Å². The first-order valence-electron chi connectivity index (χ1n) is 8.68. The largest absolute Gasteiger partial charge is 0.439 e.